The van der Waals surface area contributed by atoms with Crippen molar-refractivity contribution in [1.29, 1.82) is 0 Å². The lowest BCUT2D eigenvalue weighted by molar-refractivity contribution is -0.870. The Bertz CT molecular complexity index is 413. The predicted molar refractivity (Wildman–Crippen MR) is 123 cm³/mol. The van der Waals surface area contributed by atoms with Crippen LogP contribution in [0, 0.1) is 0 Å². The molecule has 0 heterocycles. The van der Waals surface area contributed by atoms with E-state index in [0.717, 1.165) is 19.3 Å². The summed E-state index contributed by atoms with van der Waals surface area (Å²) in [4.78, 5) is 9.61. The molecule has 1 atom stereocenters. The molecule has 0 aliphatic carbocycles. The fourth-order valence-corrected chi connectivity index (χ4v) is 3.77. The summed E-state index contributed by atoms with van der Waals surface area (Å²) in [5, 5.41) is 0. The quantitative estimate of drug-likeness (QED) is 0.0560. The van der Waals surface area contributed by atoms with Crippen molar-refractivity contribution < 1.29 is 23.0 Å². The SMILES string of the molecule is C[N+](C)(C)CCOP(=O)(O)OCCCCCCCC/C=C\CCCCCI. The summed E-state index contributed by atoms with van der Waals surface area (Å²) in [6, 6.07) is 0. The van der Waals surface area contributed by atoms with Crippen LogP contribution < -0.4 is 0 Å². The zero-order valence-corrected chi connectivity index (χ0v) is 20.8. The molecule has 0 amide bonds. The molecule has 0 spiro atoms. The molecule has 0 saturated carbocycles. The first kappa shape index (κ1) is 27.5. The Hall–Kier alpha value is 0.540. The van der Waals surface area contributed by atoms with Crippen molar-refractivity contribution in [2.24, 2.45) is 0 Å². The van der Waals surface area contributed by atoms with Gasteiger partial charge in [-0.3, -0.25) is 9.05 Å². The molecule has 0 radical (unpaired) electrons. The third-order valence-corrected chi connectivity index (χ3v) is 5.99. The molecule has 0 aromatic carbocycles. The molecule has 0 aromatic rings. The molecule has 1 N–H and O–H groups in total. The van der Waals surface area contributed by atoms with Gasteiger partial charge in [-0.05, 0) is 43.0 Å². The molecular formula is C20H42INO4P+. The summed E-state index contributed by atoms with van der Waals surface area (Å²) in [5.41, 5.74) is 0. The van der Waals surface area contributed by atoms with E-state index in [4.69, 9.17) is 9.05 Å². The van der Waals surface area contributed by atoms with Crippen molar-refractivity contribution >= 4 is 30.4 Å². The molecule has 0 fully saturated rings. The Balaban J connectivity index is 3.39. The maximum Gasteiger partial charge on any atom is 0.472 e. The summed E-state index contributed by atoms with van der Waals surface area (Å²) in [6.07, 6.45) is 17.8. The lowest BCUT2D eigenvalue weighted by Crippen LogP contribution is -2.37. The van der Waals surface area contributed by atoms with Gasteiger partial charge in [0, 0.05) is 0 Å². The second kappa shape index (κ2) is 17.4. The number of halogens is 1. The van der Waals surface area contributed by atoms with Gasteiger partial charge in [-0.2, -0.15) is 0 Å². The van der Waals surface area contributed by atoms with Gasteiger partial charge in [-0.1, -0.05) is 66.8 Å². The maximum absolute atomic E-state index is 11.7. The molecule has 7 heteroatoms. The van der Waals surface area contributed by atoms with Crippen LogP contribution in [0.15, 0.2) is 12.2 Å². The van der Waals surface area contributed by atoms with Crippen LogP contribution in [-0.2, 0) is 13.6 Å². The standard InChI is InChI=1S/C20H41INO4P/c1-22(2,3)18-20-26-27(23,24)25-19-16-14-12-10-8-6-4-5-7-9-11-13-15-17-21/h5,7H,4,6,8-20H2,1-3H3/p+1/b7-5-. The van der Waals surface area contributed by atoms with E-state index in [9.17, 15) is 9.46 Å². The van der Waals surface area contributed by atoms with Crippen molar-refractivity contribution in [3.8, 4) is 0 Å². The highest BCUT2D eigenvalue weighted by Gasteiger charge is 2.21. The first-order chi connectivity index (χ1) is 12.8. The second-order valence-corrected chi connectivity index (χ2v) is 10.6. The minimum absolute atomic E-state index is 0.226. The van der Waals surface area contributed by atoms with Crippen molar-refractivity contribution in [2.45, 2.75) is 70.6 Å². The number of hydrogen-bond acceptors (Lipinski definition) is 3. The van der Waals surface area contributed by atoms with Crippen LogP contribution in [0.5, 0.6) is 0 Å². The van der Waals surface area contributed by atoms with E-state index >= 15 is 0 Å². The lowest BCUT2D eigenvalue weighted by Gasteiger charge is -2.24. The van der Waals surface area contributed by atoms with Gasteiger partial charge in [0.15, 0.2) is 0 Å². The van der Waals surface area contributed by atoms with Crippen LogP contribution in [-0.4, -0.2) is 54.7 Å². The number of alkyl halides is 1. The molecule has 0 bridgehead atoms. The van der Waals surface area contributed by atoms with Gasteiger partial charge in [0.25, 0.3) is 0 Å². The topological polar surface area (TPSA) is 55.8 Å². The van der Waals surface area contributed by atoms with Crippen LogP contribution in [0.2, 0.25) is 0 Å². The van der Waals surface area contributed by atoms with Crippen LogP contribution in [0.25, 0.3) is 0 Å². The van der Waals surface area contributed by atoms with E-state index in [1.54, 1.807) is 0 Å². The van der Waals surface area contributed by atoms with Gasteiger partial charge in [-0.15, -0.1) is 0 Å². The predicted octanol–water partition coefficient (Wildman–Crippen LogP) is 6.11. The number of unbranched alkanes of at least 4 members (excludes halogenated alkanes) is 9. The Labute approximate surface area is 181 Å². The number of hydrogen-bond donors (Lipinski definition) is 1. The number of phosphoric acid groups is 1. The van der Waals surface area contributed by atoms with E-state index in [2.05, 4.69) is 34.7 Å². The highest BCUT2D eigenvalue weighted by atomic mass is 127. The second-order valence-electron chi connectivity index (χ2n) is 8.07. The summed E-state index contributed by atoms with van der Waals surface area (Å²) in [7, 11) is 2.15. The average Bonchev–Trinajstić information content (AvgIpc) is 2.57. The minimum Gasteiger partial charge on any atom is -0.329 e. The van der Waals surface area contributed by atoms with Gasteiger partial charge in [-0.25, -0.2) is 4.57 Å². The summed E-state index contributed by atoms with van der Waals surface area (Å²) in [6.45, 7) is 1.18. The minimum atomic E-state index is -3.88. The van der Waals surface area contributed by atoms with Crippen LogP contribution in [0.4, 0.5) is 0 Å². The van der Waals surface area contributed by atoms with E-state index in [1.807, 2.05) is 21.1 Å². The Kier molecular flexibility index (Phi) is 17.8. The molecule has 5 nitrogen and oxygen atoms in total. The Morgan fingerprint density at radius 1 is 0.815 bits per heavy atom. The van der Waals surface area contributed by atoms with Gasteiger partial charge < -0.3 is 9.38 Å². The van der Waals surface area contributed by atoms with E-state index in [1.165, 1.54) is 55.8 Å². The van der Waals surface area contributed by atoms with Gasteiger partial charge in [0.2, 0.25) is 0 Å². The molecule has 0 rings (SSSR count). The third kappa shape index (κ3) is 22.7. The van der Waals surface area contributed by atoms with Gasteiger partial charge >= 0.3 is 7.82 Å². The molecule has 162 valence electrons. The molecular weight excluding hydrogens is 476 g/mol. The number of rotatable bonds is 19. The van der Waals surface area contributed by atoms with Gasteiger partial charge in [0.1, 0.15) is 13.2 Å². The van der Waals surface area contributed by atoms with Crippen molar-refractivity contribution in [2.75, 3.05) is 45.3 Å². The number of allylic oxidation sites excluding steroid dienone is 2. The molecule has 0 aliphatic heterocycles. The fourth-order valence-electron chi connectivity index (χ4n) is 2.49. The molecule has 27 heavy (non-hydrogen) atoms. The Morgan fingerprint density at radius 2 is 1.30 bits per heavy atom. The first-order valence-electron chi connectivity index (χ1n) is 10.4. The number of phosphoric ester groups is 1. The fraction of sp³-hybridized carbons (Fsp3) is 0.900. The van der Waals surface area contributed by atoms with Crippen molar-refractivity contribution in [1.82, 2.24) is 0 Å². The average molecular weight is 518 g/mol. The highest BCUT2D eigenvalue weighted by Crippen LogP contribution is 2.43. The van der Waals surface area contributed by atoms with Crippen molar-refractivity contribution in [3.63, 3.8) is 0 Å². The normalized spacial score (nSPS) is 14.7. The maximum atomic E-state index is 11.7. The lowest BCUT2D eigenvalue weighted by atomic mass is 10.1. The van der Waals surface area contributed by atoms with E-state index in [-0.39, 0.29) is 6.61 Å². The highest BCUT2D eigenvalue weighted by molar-refractivity contribution is 14.1. The largest absolute Gasteiger partial charge is 0.472 e. The van der Waals surface area contributed by atoms with Crippen LogP contribution in [0.1, 0.15) is 70.6 Å². The van der Waals surface area contributed by atoms with E-state index in [0.29, 0.717) is 17.6 Å². The smallest absolute Gasteiger partial charge is 0.329 e. The van der Waals surface area contributed by atoms with E-state index < -0.39 is 7.82 Å². The number of likely N-dealkylation sites (N-methyl/N-ethyl adjacent to an activating group) is 1. The van der Waals surface area contributed by atoms with Crippen molar-refractivity contribution in [3.05, 3.63) is 12.2 Å². The summed E-state index contributed by atoms with van der Waals surface area (Å²) in [5.74, 6) is 0. The molecule has 1 unspecified atom stereocenters. The first-order valence-corrected chi connectivity index (χ1v) is 13.4. The molecule has 0 saturated heterocycles. The Morgan fingerprint density at radius 3 is 1.85 bits per heavy atom. The third-order valence-electron chi connectivity index (χ3n) is 4.21. The zero-order chi connectivity index (χ0) is 20.4. The monoisotopic (exact) mass is 518 g/mol. The van der Waals surface area contributed by atoms with Gasteiger partial charge in [0.05, 0.1) is 27.7 Å². The van der Waals surface area contributed by atoms with Crippen LogP contribution in [0.3, 0.4) is 0 Å². The summed E-state index contributed by atoms with van der Waals surface area (Å²) < 4.78 is 23.7. The summed E-state index contributed by atoms with van der Waals surface area (Å²) >= 11 is 2.44. The van der Waals surface area contributed by atoms with Crippen LogP contribution >= 0.6 is 30.4 Å². The number of quaternary nitrogens is 1. The molecule has 0 aromatic heterocycles. The zero-order valence-electron chi connectivity index (χ0n) is 17.7. The number of nitrogens with zero attached hydrogens (tertiary/aromatic N) is 1. The molecule has 0 aliphatic rings.